The smallest absolute Gasteiger partial charge is 0.357 e. The first kappa shape index (κ1) is 16.2. The van der Waals surface area contributed by atoms with Gasteiger partial charge in [-0.25, -0.2) is 0 Å². The van der Waals surface area contributed by atoms with Crippen molar-refractivity contribution < 1.29 is 18.1 Å². The Balaban J connectivity index is 2.00. The normalized spacial score (nSPS) is 14.5. The third kappa shape index (κ3) is 3.47. The first-order valence-electron chi connectivity index (χ1n) is 7.38. The molecule has 0 amide bonds. The molecule has 0 atom stereocenters. The van der Waals surface area contributed by atoms with Crippen LogP contribution in [0, 0.1) is 10.1 Å². The predicted molar refractivity (Wildman–Crippen MR) is 81.5 cm³/mol. The second kappa shape index (κ2) is 6.10. The van der Waals surface area contributed by atoms with E-state index in [1.807, 2.05) is 0 Å². The molecule has 0 radical (unpaired) electrons. The highest BCUT2D eigenvalue weighted by Gasteiger charge is 2.37. The average molecular weight is 337 g/mol. The van der Waals surface area contributed by atoms with E-state index in [2.05, 4.69) is 4.98 Å². The molecule has 2 aromatic rings. The molecular formula is C16H14F3N3O2. The highest BCUT2D eigenvalue weighted by Crippen LogP contribution is 2.41. The fourth-order valence-electron chi connectivity index (χ4n) is 2.55. The Morgan fingerprint density at radius 2 is 2.00 bits per heavy atom. The first-order chi connectivity index (χ1) is 11.4. The van der Waals surface area contributed by atoms with Gasteiger partial charge in [-0.15, -0.1) is 0 Å². The van der Waals surface area contributed by atoms with Crippen LogP contribution in [0.1, 0.15) is 24.1 Å². The van der Waals surface area contributed by atoms with E-state index in [1.54, 1.807) is 29.3 Å². The molecule has 3 rings (SSSR count). The number of aromatic nitrogens is 1. The summed E-state index contributed by atoms with van der Waals surface area (Å²) in [6.45, 7) is 0.317. The molecular weight excluding hydrogens is 323 g/mol. The monoisotopic (exact) mass is 337 g/mol. The third-order valence-corrected chi connectivity index (χ3v) is 3.86. The van der Waals surface area contributed by atoms with Gasteiger partial charge in [0.1, 0.15) is 5.69 Å². The van der Waals surface area contributed by atoms with Crippen LogP contribution in [0.15, 0.2) is 42.6 Å². The second-order valence-electron chi connectivity index (χ2n) is 5.64. The number of benzene rings is 1. The van der Waals surface area contributed by atoms with Crippen molar-refractivity contribution in [2.75, 3.05) is 4.90 Å². The number of nitro groups is 1. The van der Waals surface area contributed by atoms with E-state index in [1.165, 1.54) is 6.07 Å². The fraction of sp³-hybridized carbons (Fsp3) is 0.312. The Labute approximate surface area is 135 Å². The lowest BCUT2D eigenvalue weighted by Crippen LogP contribution is -2.26. The highest BCUT2D eigenvalue weighted by atomic mass is 19.4. The summed E-state index contributed by atoms with van der Waals surface area (Å²) in [6.07, 6.45) is -1.30. The minimum atomic E-state index is -4.62. The molecule has 0 bridgehead atoms. The summed E-state index contributed by atoms with van der Waals surface area (Å²) >= 11 is 0. The molecule has 1 aromatic carbocycles. The van der Waals surface area contributed by atoms with Crippen molar-refractivity contribution in [1.29, 1.82) is 0 Å². The molecule has 0 aliphatic heterocycles. The zero-order valence-corrected chi connectivity index (χ0v) is 12.5. The molecule has 1 aromatic heterocycles. The first-order valence-corrected chi connectivity index (χ1v) is 7.38. The third-order valence-electron chi connectivity index (χ3n) is 3.86. The zero-order valence-electron chi connectivity index (χ0n) is 12.5. The van der Waals surface area contributed by atoms with E-state index in [9.17, 15) is 23.3 Å². The molecule has 1 aliphatic carbocycles. The van der Waals surface area contributed by atoms with Crippen molar-refractivity contribution in [3.05, 3.63) is 64.0 Å². The largest absolute Gasteiger partial charge is 0.416 e. The summed E-state index contributed by atoms with van der Waals surface area (Å²) in [5.41, 5.74) is -0.654. The molecule has 1 fully saturated rings. The van der Waals surface area contributed by atoms with Gasteiger partial charge >= 0.3 is 6.18 Å². The number of hydrogen-bond acceptors (Lipinski definition) is 4. The molecule has 8 heteroatoms. The average Bonchev–Trinajstić information content (AvgIpc) is 3.37. The van der Waals surface area contributed by atoms with Crippen LogP contribution in [0.25, 0.3) is 0 Å². The van der Waals surface area contributed by atoms with Gasteiger partial charge in [-0.3, -0.25) is 15.1 Å². The molecule has 0 saturated heterocycles. The Hall–Kier alpha value is -2.64. The maximum Gasteiger partial charge on any atom is 0.416 e. The van der Waals surface area contributed by atoms with Gasteiger partial charge in [0.25, 0.3) is 5.69 Å². The van der Waals surface area contributed by atoms with Crippen LogP contribution in [0.3, 0.4) is 0 Å². The maximum atomic E-state index is 12.8. The standard InChI is InChI=1S/C16H14F3N3O2/c17-16(18,19)11-4-7-14(15(9-11)22(23)24)21(13-5-6-13)10-12-3-1-2-8-20-12/h1-4,7-9,13H,5-6,10H2. The summed E-state index contributed by atoms with van der Waals surface area (Å²) in [5, 5.41) is 11.3. The van der Waals surface area contributed by atoms with Crippen molar-refractivity contribution in [2.24, 2.45) is 0 Å². The topological polar surface area (TPSA) is 59.3 Å². The number of nitrogens with zero attached hydrogens (tertiary/aromatic N) is 3. The van der Waals surface area contributed by atoms with Gasteiger partial charge < -0.3 is 4.90 Å². The molecule has 0 spiro atoms. The van der Waals surface area contributed by atoms with E-state index >= 15 is 0 Å². The van der Waals surface area contributed by atoms with Gasteiger partial charge in [-0.1, -0.05) is 6.07 Å². The summed E-state index contributed by atoms with van der Waals surface area (Å²) in [5.74, 6) is 0. The number of pyridine rings is 1. The van der Waals surface area contributed by atoms with Crippen LogP contribution in [0.2, 0.25) is 0 Å². The Morgan fingerprint density at radius 1 is 1.25 bits per heavy atom. The number of halogens is 3. The van der Waals surface area contributed by atoms with Crippen molar-refractivity contribution in [2.45, 2.75) is 31.6 Å². The Morgan fingerprint density at radius 3 is 2.54 bits per heavy atom. The van der Waals surface area contributed by atoms with E-state index in [4.69, 9.17) is 0 Å². The lowest BCUT2D eigenvalue weighted by atomic mass is 10.1. The van der Waals surface area contributed by atoms with Crippen LogP contribution in [0.4, 0.5) is 24.5 Å². The van der Waals surface area contributed by atoms with Crippen molar-refractivity contribution in [3.8, 4) is 0 Å². The van der Waals surface area contributed by atoms with E-state index < -0.39 is 22.4 Å². The second-order valence-corrected chi connectivity index (χ2v) is 5.64. The van der Waals surface area contributed by atoms with Gasteiger partial charge in [0.15, 0.2) is 0 Å². The van der Waals surface area contributed by atoms with Gasteiger partial charge in [0.05, 0.1) is 22.7 Å². The van der Waals surface area contributed by atoms with Crippen molar-refractivity contribution in [1.82, 2.24) is 4.98 Å². The number of alkyl halides is 3. The zero-order chi connectivity index (χ0) is 17.3. The van der Waals surface area contributed by atoms with Crippen LogP contribution >= 0.6 is 0 Å². The van der Waals surface area contributed by atoms with Gasteiger partial charge in [0, 0.05) is 18.3 Å². The van der Waals surface area contributed by atoms with Crippen molar-refractivity contribution in [3.63, 3.8) is 0 Å². The van der Waals surface area contributed by atoms with Crippen LogP contribution in [-0.4, -0.2) is 15.9 Å². The minimum Gasteiger partial charge on any atom is -0.357 e. The molecule has 126 valence electrons. The lowest BCUT2D eigenvalue weighted by molar-refractivity contribution is -0.384. The molecule has 1 saturated carbocycles. The van der Waals surface area contributed by atoms with E-state index in [0.29, 0.717) is 18.3 Å². The number of nitro benzene ring substituents is 1. The molecule has 1 aliphatic rings. The van der Waals surface area contributed by atoms with Gasteiger partial charge in [0.2, 0.25) is 0 Å². The SMILES string of the molecule is O=[N+]([O-])c1cc(C(F)(F)F)ccc1N(Cc1ccccn1)C1CC1. The molecule has 1 heterocycles. The highest BCUT2D eigenvalue weighted by molar-refractivity contribution is 5.65. The van der Waals surface area contributed by atoms with Crippen molar-refractivity contribution >= 4 is 11.4 Å². The lowest BCUT2D eigenvalue weighted by Gasteiger charge is -2.24. The fourth-order valence-corrected chi connectivity index (χ4v) is 2.55. The predicted octanol–water partition coefficient (Wildman–Crippen LogP) is 4.18. The quantitative estimate of drug-likeness (QED) is 0.607. The van der Waals surface area contributed by atoms with E-state index in [0.717, 1.165) is 18.9 Å². The number of anilines is 1. The molecule has 5 nitrogen and oxygen atoms in total. The Bertz CT molecular complexity index is 746. The Kier molecular flexibility index (Phi) is 4.13. The summed E-state index contributed by atoms with van der Waals surface area (Å²) in [6, 6.07) is 8.09. The maximum absolute atomic E-state index is 12.8. The van der Waals surface area contributed by atoms with Gasteiger partial charge in [-0.2, -0.15) is 13.2 Å². The molecule has 24 heavy (non-hydrogen) atoms. The minimum absolute atomic E-state index is 0.0856. The van der Waals surface area contributed by atoms with E-state index in [-0.39, 0.29) is 11.7 Å². The molecule has 0 N–H and O–H groups in total. The van der Waals surface area contributed by atoms with Gasteiger partial charge in [-0.05, 0) is 37.1 Å². The van der Waals surface area contributed by atoms with Crippen LogP contribution in [0.5, 0.6) is 0 Å². The number of hydrogen-bond donors (Lipinski definition) is 0. The van der Waals surface area contributed by atoms with Crippen LogP contribution < -0.4 is 4.90 Å². The summed E-state index contributed by atoms with van der Waals surface area (Å²) < 4.78 is 38.5. The van der Waals surface area contributed by atoms with Crippen LogP contribution in [-0.2, 0) is 12.7 Å². The summed E-state index contributed by atoms with van der Waals surface area (Å²) in [7, 11) is 0. The summed E-state index contributed by atoms with van der Waals surface area (Å²) in [4.78, 5) is 16.5. The molecule has 0 unspecified atom stereocenters. The number of rotatable bonds is 5.